The van der Waals surface area contributed by atoms with Gasteiger partial charge in [0.2, 0.25) is 0 Å². The zero-order valence-corrected chi connectivity index (χ0v) is 7.70. The van der Waals surface area contributed by atoms with E-state index in [2.05, 4.69) is 6.08 Å². The van der Waals surface area contributed by atoms with E-state index < -0.39 is 0 Å². The maximum Gasteiger partial charge on any atom is 0.0759 e. The number of hydrogen-bond acceptors (Lipinski definition) is 2. The van der Waals surface area contributed by atoms with Crippen molar-refractivity contribution >= 4 is 0 Å². The fourth-order valence-corrected chi connectivity index (χ4v) is 1.64. The van der Waals surface area contributed by atoms with E-state index in [9.17, 15) is 0 Å². The average molecular weight is 170 g/mol. The highest BCUT2D eigenvalue weighted by Gasteiger charge is 2.19. The molecule has 0 spiro atoms. The molecule has 12 heavy (non-hydrogen) atoms. The van der Waals surface area contributed by atoms with Gasteiger partial charge in [-0.2, -0.15) is 0 Å². The number of aliphatic hydroxyl groups excluding tert-OH is 1. The van der Waals surface area contributed by atoms with Crippen LogP contribution in [-0.2, 0) is 4.74 Å². The summed E-state index contributed by atoms with van der Waals surface area (Å²) in [5, 5.41) is 8.74. The minimum atomic E-state index is 0.243. The highest BCUT2D eigenvalue weighted by atomic mass is 16.5. The standard InChI is InChI=1S/C10H18O2/c1-2-4-9-5-3-6-10(12-9)7-8-11/h2,4,9-11H,3,5-8H2,1H3/b4-2+/t9-,10-/m1/s1. The molecule has 0 radical (unpaired) electrons. The van der Waals surface area contributed by atoms with Crippen LogP contribution < -0.4 is 0 Å². The van der Waals surface area contributed by atoms with Gasteiger partial charge in [-0.1, -0.05) is 12.2 Å². The molecule has 1 heterocycles. The molecule has 2 nitrogen and oxygen atoms in total. The number of allylic oxidation sites excluding steroid dienone is 1. The van der Waals surface area contributed by atoms with Crippen molar-refractivity contribution in [3.05, 3.63) is 12.2 Å². The van der Waals surface area contributed by atoms with Gasteiger partial charge in [-0.15, -0.1) is 0 Å². The molecular weight excluding hydrogens is 152 g/mol. The van der Waals surface area contributed by atoms with Crippen molar-refractivity contribution in [2.75, 3.05) is 6.61 Å². The average Bonchev–Trinajstić information content (AvgIpc) is 2.06. The van der Waals surface area contributed by atoms with Crippen molar-refractivity contribution in [2.45, 2.75) is 44.8 Å². The van der Waals surface area contributed by atoms with Crippen LogP contribution in [0.1, 0.15) is 32.6 Å². The summed E-state index contributed by atoms with van der Waals surface area (Å²) >= 11 is 0. The predicted molar refractivity (Wildman–Crippen MR) is 49.0 cm³/mol. The lowest BCUT2D eigenvalue weighted by Gasteiger charge is -2.27. The van der Waals surface area contributed by atoms with Crippen LogP contribution in [0.15, 0.2) is 12.2 Å². The van der Waals surface area contributed by atoms with Gasteiger partial charge >= 0.3 is 0 Å². The van der Waals surface area contributed by atoms with Gasteiger partial charge in [0.1, 0.15) is 0 Å². The first kappa shape index (κ1) is 9.75. The Morgan fingerprint density at radius 1 is 1.50 bits per heavy atom. The molecule has 70 valence electrons. The lowest BCUT2D eigenvalue weighted by molar-refractivity contribution is -0.0354. The molecule has 1 N–H and O–H groups in total. The third-order valence-electron chi connectivity index (χ3n) is 2.24. The molecule has 0 aromatic carbocycles. The molecule has 1 aliphatic heterocycles. The second kappa shape index (κ2) is 5.33. The van der Waals surface area contributed by atoms with Crippen molar-refractivity contribution in [1.29, 1.82) is 0 Å². The molecule has 1 fully saturated rings. The highest BCUT2D eigenvalue weighted by Crippen LogP contribution is 2.21. The molecule has 2 heteroatoms. The Labute approximate surface area is 74.2 Å². The Kier molecular flexibility index (Phi) is 4.33. The van der Waals surface area contributed by atoms with E-state index in [1.807, 2.05) is 13.0 Å². The Hall–Kier alpha value is -0.340. The van der Waals surface area contributed by atoms with E-state index >= 15 is 0 Å². The van der Waals surface area contributed by atoms with Crippen LogP contribution in [0.25, 0.3) is 0 Å². The van der Waals surface area contributed by atoms with Crippen LogP contribution in [0.3, 0.4) is 0 Å². The zero-order valence-electron chi connectivity index (χ0n) is 7.70. The Morgan fingerprint density at radius 2 is 2.33 bits per heavy atom. The van der Waals surface area contributed by atoms with E-state index in [4.69, 9.17) is 9.84 Å². The Morgan fingerprint density at radius 3 is 3.00 bits per heavy atom. The van der Waals surface area contributed by atoms with Gasteiger partial charge in [0, 0.05) is 6.61 Å². The van der Waals surface area contributed by atoms with Crippen LogP contribution in [-0.4, -0.2) is 23.9 Å². The van der Waals surface area contributed by atoms with E-state index in [1.165, 1.54) is 6.42 Å². The molecule has 0 aliphatic carbocycles. The van der Waals surface area contributed by atoms with Gasteiger partial charge in [-0.25, -0.2) is 0 Å². The quantitative estimate of drug-likeness (QED) is 0.655. The maximum atomic E-state index is 8.74. The highest BCUT2D eigenvalue weighted by molar-refractivity contribution is 4.89. The van der Waals surface area contributed by atoms with Crippen molar-refractivity contribution in [3.63, 3.8) is 0 Å². The molecule has 0 aromatic rings. The molecule has 0 unspecified atom stereocenters. The van der Waals surface area contributed by atoms with E-state index in [-0.39, 0.29) is 12.7 Å². The van der Waals surface area contributed by atoms with E-state index in [1.54, 1.807) is 0 Å². The summed E-state index contributed by atoms with van der Waals surface area (Å²) in [5.74, 6) is 0. The first-order chi connectivity index (χ1) is 5.86. The van der Waals surface area contributed by atoms with Crippen molar-refractivity contribution in [1.82, 2.24) is 0 Å². The molecule has 0 aromatic heterocycles. The zero-order chi connectivity index (χ0) is 8.81. The summed E-state index contributed by atoms with van der Waals surface area (Å²) in [6, 6.07) is 0. The first-order valence-corrected chi connectivity index (χ1v) is 4.76. The first-order valence-electron chi connectivity index (χ1n) is 4.76. The molecule has 2 atom stereocenters. The number of ether oxygens (including phenoxy) is 1. The topological polar surface area (TPSA) is 29.5 Å². The van der Waals surface area contributed by atoms with Crippen LogP contribution >= 0.6 is 0 Å². The van der Waals surface area contributed by atoms with E-state index in [0.29, 0.717) is 6.10 Å². The molecule has 0 bridgehead atoms. The van der Waals surface area contributed by atoms with Crippen molar-refractivity contribution in [2.24, 2.45) is 0 Å². The fraction of sp³-hybridized carbons (Fsp3) is 0.800. The molecular formula is C10H18O2. The predicted octanol–water partition coefficient (Wildman–Crippen LogP) is 1.88. The van der Waals surface area contributed by atoms with Crippen LogP contribution in [0.2, 0.25) is 0 Å². The Bertz CT molecular complexity index is 141. The maximum absolute atomic E-state index is 8.74. The molecule has 1 rings (SSSR count). The summed E-state index contributed by atoms with van der Waals surface area (Å²) in [4.78, 5) is 0. The number of aliphatic hydroxyl groups is 1. The molecule has 1 aliphatic rings. The van der Waals surface area contributed by atoms with Crippen molar-refractivity contribution < 1.29 is 9.84 Å². The number of rotatable bonds is 3. The smallest absolute Gasteiger partial charge is 0.0759 e. The SMILES string of the molecule is C/C=C/[C@@H]1CCC[C@H](CCO)O1. The van der Waals surface area contributed by atoms with Gasteiger partial charge in [0.15, 0.2) is 0 Å². The minimum absolute atomic E-state index is 0.243. The van der Waals surface area contributed by atoms with Gasteiger partial charge in [-0.3, -0.25) is 0 Å². The third-order valence-corrected chi connectivity index (χ3v) is 2.24. The summed E-state index contributed by atoms with van der Waals surface area (Å²) in [7, 11) is 0. The van der Waals surface area contributed by atoms with Crippen LogP contribution in [0.5, 0.6) is 0 Å². The lowest BCUT2D eigenvalue weighted by atomic mass is 10.0. The fourth-order valence-electron chi connectivity index (χ4n) is 1.64. The van der Waals surface area contributed by atoms with Crippen molar-refractivity contribution in [3.8, 4) is 0 Å². The summed E-state index contributed by atoms with van der Waals surface area (Å²) in [6.07, 6.45) is 8.95. The number of hydrogen-bond donors (Lipinski definition) is 1. The monoisotopic (exact) mass is 170 g/mol. The molecule has 1 saturated heterocycles. The lowest BCUT2D eigenvalue weighted by Crippen LogP contribution is -2.26. The summed E-state index contributed by atoms with van der Waals surface area (Å²) in [6.45, 7) is 2.26. The third kappa shape index (κ3) is 2.95. The Balaban J connectivity index is 2.29. The van der Waals surface area contributed by atoms with Gasteiger partial charge in [-0.05, 0) is 32.6 Å². The van der Waals surface area contributed by atoms with Crippen LogP contribution in [0, 0.1) is 0 Å². The summed E-state index contributed by atoms with van der Waals surface area (Å²) < 4.78 is 5.72. The second-order valence-electron chi connectivity index (χ2n) is 3.27. The largest absolute Gasteiger partial charge is 0.396 e. The van der Waals surface area contributed by atoms with Crippen LogP contribution in [0.4, 0.5) is 0 Å². The summed E-state index contributed by atoms with van der Waals surface area (Å²) in [5.41, 5.74) is 0. The van der Waals surface area contributed by atoms with Gasteiger partial charge < -0.3 is 9.84 Å². The normalized spacial score (nSPS) is 31.2. The van der Waals surface area contributed by atoms with E-state index in [0.717, 1.165) is 19.3 Å². The van der Waals surface area contributed by atoms with Gasteiger partial charge in [0.05, 0.1) is 12.2 Å². The molecule has 0 amide bonds. The minimum Gasteiger partial charge on any atom is -0.396 e. The second-order valence-corrected chi connectivity index (χ2v) is 3.27. The van der Waals surface area contributed by atoms with Gasteiger partial charge in [0.25, 0.3) is 0 Å². The molecule has 0 saturated carbocycles.